The summed E-state index contributed by atoms with van der Waals surface area (Å²) in [5.41, 5.74) is 6.23. The predicted molar refractivity (Wildman–Crippen MR) is 85.1 cm³/mol. The van der Waals surface area contributed by atoms with E-state index in [-0.39, 0.29) is 0 Å². The van der Waals surface area contributed by atoms with Crippen LogP contribution in [0.2, 0.25) is 0 Å². The van der Waals surface area contributed by atoms with Gasteiger partial charge in [-0.15, -0.1) is 0 Å². The van der Waals surface area contributed by atoms with Crippen LogP contribution in [-0.4, -0.2) is 5.11 Å². The average molecular weight is 268 g/mol. The number of benzene rings is 2. The fourth-order valence-corrected chi connectivity index (χ4v) is 2.96. The molecule has 0 fully saturated rings. The maximum absolute atomic E-state index is 10.9. The lowest BCUT2D eigenvalue weighted by Gasteiger charge is -2.25. The van der Waals surface area contributed by atoms with E-state index in [1.54, 1.807) is 0 Å². The van der Waals surface area contributed by atoms with E-state index in [0.717, 1.165) is 5.56 Å². The molecule has 0 aliphatic heterocycles. The van der Waals surface area contributed by atoms with Crippen molar-refractivity contribution in [3.8, 4) is 0 Å². The molecule has 0 amide bonds. The molecular weight excluding hydrogens is 244 g/mol. The molecule has 1 nitrogen and oxygen atoms in total. The molecule has 2 aromatic carbocycles. The standard InChI is InChI=1S/C19H24O/c1-13-6-14(2)9-17(8-13)12-19(5,20)18-10-15(3)7-16(4)11-18/h6-11,20H,12H2,1-5H3. The summed E-state index contributed by atoms with van der Waals surface area (Å²) < 4.78 is 0. The summed E-state index contributed by atoms with van der Waals surface area (Å²) in [7, 11) is 0. The molecule has 2 rings (SSSR count). The SMILES string of the molecule is Cc1cc(C)cc(CC(C)(O)c2cc(C)cc(C)c2)c1. The van der Waals surface area contributed by atoms with Crippen molar-refractivity contribution >= 4 is 0 Å². The van der Waals surface area contributed by atoms with Gasteiger partial charge in [-0.05, 0) is 45.7 Å². The van der Waals surface area contributed by atoms with Crippen molar-refractivity contribution < 1.29 is 5.11 Å². The summed E-state index contributed by atoms with van der Waals surface area (Å²) in [5.74, 6) is 0. The fraction of sp³-hybridized carbons (Fsp3) is 0.368. The monoisotopic (exact) mass is 268 g/mol. The molecule has 2 aromatic rings. The topological polar surface area (TPSA) is 20.2 Å². The van der Waals surface area contributed by atoms with Gasteiger partial charge in [0.05, 0.1) is 5.60 Å². The molecule has 0 saturated carbocycles. The maximum atomic E-state index is 10.9. The Morgan fingerprint density at radius 2 is 1.15 bits per heavy atom. The average Bonchev–Trinajstić information content (AvgIpc) is 2.25. The predicted octanol–water partition coefficient (Wildman–Crippen LogP) is 4.37. The lowest BCUT2D eigenvalue weighted by Crippen LogP contribution is -2.24. The van der Waals surface area contributed by atoms with Crippen LogP contribution in [0.3, 0.4) is 0 Å². The highest BCUT2D eigenvalue weighted by Crippen LogP contribution is 2.27. The van der Waals surface area contributed by atoms with E-state index in [1.165, 1.54) is 27.8 Å². The Morgan fingerprint density at radius 3 is 1.60 bits per heavy atom. The smallest absolute Gasteiger partial charge is 0.0908 e. The Morgan fingerprint density at radius 1 is 0.750 bits per heavy atom. The Hall–Kier alpha value is -1.60. The molecule has 1 heteroatoms. The number of aryl methyl sites for hydroxylation is 4. The summed E-state index contributed by atoms with van der Waals surface area (Å²) >= 11 is 0. The third kappa shape index (κ3) is 3.49. The molecule has 1 atom stereocenters. The quantitative estimate of drug-likeness (QED) is 0.876. The number of hydrogen-bond donors (Lipinski definition) is 1. The van der Waals surface area contributed by atoms with E-state index in [2.05, 4.69) is 64.1 Å². The van der Waals surface area contributed by atoms with Crippen LogP contribution in [0.1, 0.15) is 40.3 Å². The Bertz CT molecular complexity index is 583. The first-order chi connectivity index (χ1) is 9.26. The van der Waals surface area contributed by atoms with Crippen molar-refractivity contribution in [1.29, 1.82) is 0 Å². The minimum absolute atomic E-state index is 0.637. The van der Waals surface area contributed by atoms with Crippen LogP contribution in [0, 0.1) is 27.7 Å². The summed E-state index contributed by atoms with van der Waals surface area (Å²) in [5, 5.41) is 10.9. The van der Waals surface area contributed by atoms with Crippen molar-refractivity contribution in [1.82, 2.24) is 0 Å². The molecule has 0 bridgehead atoms. The molecule has 106 valence electrons. The maximum Gasteiger partial charge on any atom is 0.0908 e. The number of aliphatic hydroxyl groups is 1. The van der Waals surface area contributed by atoms with Gasteiger partial charge in [0.15, 0.2) is 0 Å². The summed E-state index contributed by atoms with van der Waals surface area (Å²) in [6, 6.07) is 12.8. The van der Waals surface area contributed by atoms with Gasteiger partial charge in [0.2, 0.25) is 0 Å². The lowest BCUT2D eigenvalue weighted by molar-refractivity contribution is 0.0575. The highest BCUT2D eigenvalue weighted by molar-refractivity contribution is 5.35. The normalized spacial score (nSPS) is 14.1. The zero-order valence-corrected chi connectivity index (χ0v) is 13.1. The molecule has 0 saturated heterocycles. The van der Waals surface area contributed by atoms with Crippen LogP contribution in [0.25, 0.3) is 0 Å². The van der Waals surface area contributed by atoms with Gasteiger partial charge in [0, 0.05) is 6.42 Å². The van der Waals surface area contributed by atoms with Crippen molar-refractivity contribution in [3.05, 3.63) is 69.8 Å². The van der Waals surface area contributed by atoms with E-state index in [0.29, 0.717) is 6.42 Å². The van der Waals surface area contributed by atoms with E-state index in [1.807, 2.05) is 6.92 Å². The fourth-order valence-electron chi connectivity index (χ4n) is 2.96. The molecule has 1 N–H and O–H groups in total. The first-order valence-corrected chi connectivity index (χ1v) is 7.14. The number of rotatable bonds is 3. The van der Waals surface area contributed by atoms with Gasteiger partial charge in [0.1, 0.15) is 0 Å². The Kier molecular flexibility index (Phi) is 4.01. The second-order valence-electron chi connectivity index (χ2n) is 6.32. The third-order valence-electron chi connectivity index (χ3n) is 3.67. The second kappa shape index (κ2) is 5.41. The first kappa shape index (κ1) is 14.8. The Labute approximate surface area is 122 Å². The molecule has 20 heavy (non-hydrogen) atoms. The van der Waals surface area contributed by atoms with Crippen LogP contribution in [-0.2, 0) is 12.0 Å². The van der Waals surface area contributed by atoms with Crippen LogP contribution >= 0.6 is 0 Å². The van der Waals surface area contributed by atoms with Crippen LogP contribution in [0.4, 0.5) is 0 Å². The minimum Gasteiger partial charge on any atom is -0.385 e. The molecular formula is C19H24O. The van der Waals surface area contributed by atoms with Crippen molar-refractivity contribution in [2.24, 2.45) is 0 Å². The zero-order valence-electron chi connectivity index (χ0n) is 13.1. The zero-order chi connectivity index (χ0) is 14.9. The van der Waals surface area contributed by atoms with Crippen LogP contribution < -0.4 is 0 Å². The number of hydrogen-bond acceptors (Lipinski definition) is 1. The van der Waals surface area contributed by atoms with E-state index >= 15 is 0 Å². The molecule has 0 heterocycles. The van der Waals surface area contributed by atoms with Gasteiger partial charge in [-0.3, -0.25) is 0 Å². The van der Waals surface area contributed by atoms with Crippen LogP contribution in [0.15, 0.2) is 36.4 Å². The largest absolute Gasteiger partial charge is 0.385 e. The second-order valence-corrected chi connectivity index (χ2v) is 6.32. The first-order valence-electron chi connectivity index (χ1n) is 7.14. The molecule has 0 aliphatic carbocycles. The van der Waals surface area contributed by atoms with Crippen molar-refractivity contribution in [2.75, 3.05) is 0 Å². The van der Waals surface area contributed by atoms with E-state index < -0.39 is 5.60 Å². The highest BCUT2D eigenvalue weighted by atomic mass is 16.3. The highest BCUT2D eigenvalue weighted by Gasteiger charge is 2.24. The summed E-state index contributed by atoms with van der Waals surface area (Å²) in [4.78, 5) is 0. The van der Waals surface area contributed by atoms with Gasteiger partial charge in [-0.25, -0.2) is 0 Å². The molecule has 0 radical (unpaired) electrons. The minimum atomic E-state index is -0.836. The molecule has 1 unspecified atom stereocenters. The van der Waals surface area contributed by atoms with Crippen LogP contribution in [0.5, 0.6) is 0 Å². The van der Waals surface area contributed by atoms with Gasteiger partial charge in [-0.1, -0.05) is 58.7 Å². The summed E-state index contributed by atoms with van der Waals surface area (Å²) in [6.07, 6.45) is 0.637. The van der Waals surface area contributed by atoms with Gasteiger partial charge < -0.3 is 5.11 Å². The summed E-state index contributed by atoms with van der Waals surface area (Å²) in [6.45, 7) is 10.2. The molecule has 0 spiro atoms. The van der Waals surface area contributed by atoms with Gasteiger partial charge in [-0.2, -0.15) is 0 Å². The lowest BCUT2D eigenvalue weighted by atomic mass is 9.86. The van der Waals surface area contributed by atoms with Crippen molar-refractivity contribution in [2.45, 2.75) is 46.6 Å². The van der Waals surface area contributed by atoms with Gasteiger partial charge >= 0.3 is 0 Å². The van der Waals surface area contributed by atoms with Gasteiger partial charge in [0.25, 0.3) is 0 Å². The molecule has 0 aromatic heterocycles. The van der Waals surface area contributed by atoms with Crippen molar-refractivity contribution in [3.63, 3.8) is 0 Å². The van der Waals surface area contributed by atoms with E-state index in [9.17, 15) is 5.11 Å². The van der Waals surface area contributed by atoms with E-state index in [4.69, 9.17) is 0 Å². The third-order valence-corrected chi connectivity index (χ3v) is 3.67. The Balaban J connectivity index is 2.34. The molecule has 0 aliphatic rings.